The fourth-order valence-corrected chi connectivity index (χ4v) is 1.68. The third-order valence-corrected chi connectivity index (χ3v) is 2.42. The molecular weight excluding hydrogens is 164 g/mol. The normalized spacial score (nSPS) is 21.6. The molecule has 0 fully saturated rings. The first-order valence-corrected chi connectivity index (χ1v) is 4.49. The van der Waals surface area contributed by atoms with Crippen LogP contribution < -0.4 is 10.5 Å². The lowest BCUT2D eigenvalue weighted by Gasteiger charge is -2.09. The van der Waals surface area contributed by atoms with Gasteiger partial charge in [0.1, 0.15) is 5.70 Å². The summed E-state index contributed by atoms with van der Waals surface area (Å²) in [5, 5.41) is 0. The first kappa shape index (κ1) is 8.26. The molecule has 3 heteroatoms. The second-order valence-electron chi connectivity index (χ2n) is 3.38. The molecule has 2 rings (SSSR count). The summed E-state index contributed by atoms with van der Waals surface area (Å²) in [6.07, 6.45) is 5.13. The predicted molar refractivity (Wildman–Crippen MR) is 51.4 cm³/mol. The van der Waals surface area contributed by atoms with Crippen molar-refractivity contribution < 1.29 is 4.90 Å². The molecule has 0 aliphatic carbocycles. The van der Waals surface area contributed by atoms with Crippen LogP contribution in [0.15, 0.2) is 29.2 Å². The van der Waals surface area contributed by atoms with Crippen LogP contribution in [0.1, 0.15) is 12.0 Å². The van der Waals surface area contributed by atoms with Crippen molar-refractivity contribution in [1.29, 1.82) is 0 Å². The molecule has 0 spiro atoms. The van der Waals surface area contributed by atoms with Gasteiger partial charge in [-0.3, -0.25) is 4.79 Å². The van der Waals surface area contributed by atoms with Crippen LogP contribution in [0.5, 0.6) is 0 Å². The number of rotatable bonds is 1. The number of pyridine rings is 1. The van der Waals surface area contributed by atoms with E-state index in [0.29, 0.717) is 0 Å². The van der Waals surface area contributed by atoms with Gasteiger partial charge >= 0.3 is 0 Å². The maximum Gasteiger partial charge on any atom is 0.247 e. The number of H-pyrrole nitrogens is 1. The average molecular weight is 177 g/mol. The Morgan fingerprint density at radius 1 is 1.46 bits per heavy atom. The fourth-order valence-electron chi connectivity index (χ4n) is 1.68. The first-order chi connectivity index (χ1) is 6.27. The van der Waals surface area contributed by atoms with E-state index in [1.165, 1.54) is 10.6 Å². The highest BCUT2D eigenvalue weighted by Gasteiger charge is 2.17. The van der Waals surface area contributed by atoms with E-state index in [-0.39, 0.29) is 5.56 Å². The number of quaternary nitrogens is 1. The van der Waals surface area contributed by atoms with Gasteiger partial charge < -0.3 is 9.88 Å². The lowest BCUT2D eigenvalue weighted by molar-refractivity contribution is -0.796. The van der Waals surface area contributed by atoms with Crippen LogP contribution in [-0.4, -0.2) is 18.6 Å². The summed E-state index contributed by atoms with van der Waals surface area (Å²) in [7, 11) is 2.14. The predicted octanol–water partition coefficient (Wildman–Crippen LogP) is -0.366. The lowest BCUT2D eigenvalue weighted by Crippen LogP contribution is -3.04. The molecule has 2 N–H and O–H groups in total. The standard InChI is InChI=1S/C10H12N2O/c1-12-6-2-3-9(12)8-4-5-10(13)11-7-8/h3-5,7H,2,6H2,1H3,(H,11,13)/p+1. The number of nitrogens with one attached hydrogen (secondary N) is 2. The van der Waals surface area contributed by atoms with Crippen LogP contribution in [0.2, 0.25) is 0 Å². The van der Waals surface area contributed by atoms with Crippen molar-refractivity contribution in [3.05, 3.63) is 40.3 Å². The molecular formula is C10H13N2O+. The molecule has 0 saturated carbocycles. The topological polar surface area (TPSA) is 37.3 Å². The van der Waals surface area contributed by atoms with Gasteiger partial charge in [-0.25, -0.2) is 0 Å². The summed E-state index contributed by atoms with van der Waals surface area (Å²) >= 11 is 0. The molecule has 1 aromatic rings. The largest absolute Gasteiger partial charge is 0.328 e. The first-order valence-electron chi connectivity index (χ1n) is 4.49. The Bertz CT molecular complexity index is 372. The average Bonchev–Trinajstić information content (AvgIpc) is 2.53. The van der Waals surface area contributed by atoms with Gasteiger partial charge in [0.15, 0.2) is 0 Å². The highest BCUT2D eigenvalue weighted by Crippen LogP contribution is 2.08. The van der Waals surface area contributed by atoms with E-state index in [9.17, 15) is 4.79 Å². The molecule has 0 aromatic carbocycles. The Kier molecular flexibility index (Phi) is 2.02. The van der Waals surface area contributed by atoms with Crippen molar-refractivity contribution >= 4 is 5.70 Å². The van der Waals surface area contributed by atoms with Crippen LogP contribution in [-0.2, 0) is 0 Å². The molecule has 1 atom stereocenters. The molecule has 0 amide bonds. The van der Waals surface area contributed by atoms with E-state index in [0.717, 1.165) is 18.5 Å². The molecule has 2 heterocycles. The van der Waals surface area contributed by atoms with Gasteiger partial charge in [0.2, 0.25) is 5.56 Å². The quantitative estimate of drug-likeness (QED) is 0.603. The number of aromatic amines is 1. The molecule has 1 aromatic heterocycles. The Balaban J connectivity index is 2.36. The van der Waals surface area contributed by atoms with Crippen molar-refractivity contribution in [3.8, 4) is 0 Å². The maximum absolute atomic E-state index is 10.8. The fraction of sp³-hybridized carbons (Fsp3) is 0.300. The van der Waals surface area contributed by atoms with Gasteiger partial charge in [0.05, 0.1) is 19.2 Å². The van der Waals surface area contributed by atoms with Crippen LogP contribution in [0, 0.1) is 0 Å². The monoisotopic (exact) mass is 177 g/mol. The van der Waals surface area contributed by atoms with Gasteiger partial charge in [-0.2, -0.15) is 0 Å². The van der Waals surface area contributed by atoms with Gasteiger partial charge in [-0.05, 0) is 12.1 Å². The Labute approximate surface area is 76.7 Å². The van der Waals surface area contributed by atoms with E-state index in [1.807, 2.05) is 6.07 Å². The third-order valence-electron chi connectivity index (χ3n) is 2.42. The molecule has 1 aliphatic rings. The Morgan fingerprint density at radius 3 is 2.85 bits per heavy atom. The smallest absolute Gasteiger partial charge is 0.247 e. The van der Waals surface area contributed by atoms with Crippen molar-refractivity contribution in [2.75, 3.05) is 13.6 Å². The Morgan fingerprint density at radius 2 is 2.31 bits per heavy atom. The van der Waals surface area contributed by atoms with E-state index in [4.69, 9.17) is 0 Å². The zero-order valence-corrected chi connectivity index (χ0v) is 7.63. The number of aromatic nitrogens is 1. The van der Waals surface area contributed by atoms with Crippen molar-refractivity contribution in [2.45, 2.75) is 6.42 Å². The molecule has 1 unspecified atom stereocenters. The summed E-state index contributed by atoms with van der Waals surface area (Å²) in [5.41, 5.74) is 2.37. The van der Waals surface area contributed by atoms with E-state index in [2.05, 4.69) is 18.1 Å². The summed E-state index contributed by atoms with van der Waals surface area (Å²) in [6.45, 7) is 1.15. The molecule has 3 nitrogen and oxygen atoms in total. The van der Waals surface area contributed by atoms with E-state index in [1.54, 1.807) is 12.3 Å². The number of hydrogen-bond acceptors (Lipinski definition) is 1. The van der Waals surface area contributed by atoms with Crippen LogP contribution in [0.4, 0.5) is 0 Å². The zero-order chi connectivity index (χ0) is 9.26. The third kappa shape index (κ3) is 1.55. The molecule has 0 saturated heterocycles. The lowest BCUT2D eigenvalue weighted by atomic mass is 10.2. The highest BCUT2D eigenvalue weighted by atomic mass is 16.1. The summed E-state index contributed by atoms with van der Waals surface area (Å²) in [4.78, 5) is 14.9. The number of hydrogen-bond donors (Lipinski definition) is 2. The highest BCUT2D eigenvalue weighted by molar-refractivity contribution is 5.57. The maximum atomic E-state index is 10.8. The van der Waals surface area contributed by atoms with Gasteiger partial charge in [-0.15, -0.1) is 0 Å². The van der Waals surface area contributed by atoms with E-state index >= 15 is 0 Å². The summed E-state index contributed by atoms with van der Waals surface area (Å²) in [6, 6.07) is 3.45. The SMILES string of the molecule is C[NH+]1CCC=C1c1ccc(=O)[nH]c1. The van der Waals surface area contributed by atoms with Crippen molar-refractivity contribution in [3.63, 3.8) is 0 Å². The zero-order valence-electron chi connectivity index (χ0n) is 7.63. The minimum atomic E-state index is -0.0417. The second kappa shape index (κ2) is 3.18. The molecule has 13 heavy (non-hydrogen) atoms. The molecule has 0 radical (unpaired) electrons. The molecule has 1 aliphatic heterocycles. The van der Waals surface area contributed by atoms with Crippen LogP contribution in [0.25, 0.3) is 5.70 Å². The van der Waals surface area contributed by atoms with Crippen molar-refractivity contribution in [1.82, 2.24) is 4.98 Å². The van der Waals surface area contributed by atoms with E-state index < -0.39 is 0 Å². The second-order valence-corrected chi connectivity index (χ2v) is 3.38. The van der Waals surface area contributed by atoms with Gasteiger partial charge in [-0.1, -0.05) is 0 Å². The minimum absolute atomic E-state index is 0.0417. The van der Waals surface area contributed by atoms with Crippen LogP contribution in [0.3, 0.4) is 0 Å². The summed E-state index contributed by atoms with van der Waals surface area (Å²) < 4.78 is 0. The van der Waals surface area contributed by atoms with Gasteiger partial charge in [0.25, 0.3) is 0 Å². The molecule has 0 bridgehead atoms. The van der Waals surface area contributed by atoms with Gasteiger partial charge in [0, 0.05) is 18.7 Å². The van der Waals surface area contributed by atoms with Crippen molar-refractivity contribution in [2.24, 2.45) is 0 Å². The minimum Gasteiger partial charge on any atom is -0.328 e. The van der Waals surface area contributed by atoms with Crippen LogP contribution >= 0.6 is 0 Å². The summed E-state index contributed by atoms with van der Waals surface area (Å²) in [5.74, 6) is 0. The Hall–Kier alpha value is -1.35. The molecule has 68 valence electrons.